The smallest absolute Gasteiger partial charge is 0.195 e. The number of imidazole rings is 1. The highest BCUT2D eigenvalue weighted by Crippen LogP contribution is 2.33. The van der Waals surface area contributed by atoms with Gasteiger partial charge in [0, 0.05) is 17.9 Å². The van der Waals surface area contributed by atoms with E-state index in [2.05, 4.69) is 20.9 Å². The Morgan fingerprint density at radius 3 is 2.95 bits per heavy atom. The van der Waals surface area contributed by atoms with Crippen LogP contribution in [0, 0.1) is 12.3 Å². The minimum absolute atomic E-state index is 0.668. The summed E-state index contributed by atoms with van der Waals surface area (Å²) in [6, 6.07) is 7.65. The van der Waals surface area contributed by atoms with Gasteiger partial charge in [-0.2, -0.15) is 0 Å². The van der Waals surface area contributed by atoms with E-state index in [4.69, 9.17) is 18.0 Å². The van der Waals surface area contributed by atoms with E-state index in [0.29, 0.717) is 10.2 Å². The van der Waals surface area contributed by atoms with E-state index >= 15 is 0 Å². The lowest BCUT2D eigenvalue weighted by atomic mass is 10.3. The van der Waals surface area contributed by atoms with Crippen LogP contribution in [0.15, 0.2) is 46.8 Å². The van der Waals surface area contributed by atoms with Crippen LogP contribution in [0.1, 0.15) is 12.8 Å². The van der Waals surface area contributed by atoms with Crippen molar-refractivity contribution in [1.82, 2.24) is 19.5 Å². The van der Waals surface area contributed by atoms with Crippen LogP contribution in [0.4, 0.5) is 0 Å². The van der Waals surface area contributed by atoms with Crippen molar-refractivity contribution in [3.05, 3.63) is 41.8 Å². The van der Waals surface area contributed by atoms with Gasteiger partial charge in [0.15, 0.2) is 11.0 Å². The number of hydrogen-bond acceptors (Lipinski definition) is 4. The van der Waals surface area contributed by atoms with Gasteiger partial charge in [-0.15, -0.1) is 12.3 Å². The highest BCUT2D eigenvalue weighted by Gasteiger charge is 2.16. The standard InChI is InChI=1S/C16H13ClN4S/c1-2-3-6-9-21-11-18-10-13-15(21)20-16(19-13)22-14-8-5-4-7-12(14)17/h1,4-5,7-8,10-11H,3,6,9H2. The summed E-state index contributed by atoms with van der Waals surface area (Å²) in [6.07, 6.45) is 10.4. The van der Waals surface area contributed by atoms with E-state index in [-0.39, 0.29) is 0 Å². The summed E-state index contributed by atoms with van der Waals surface area (Å²) in [7, 11) is 0. The quantitative estimate of drug-likeness (QED) is 0.524. The Morgan fingerprint density at radius 2 is 2.14 bits per heavy atom. The van der Waals surface area contributed by atoms with Crippen LogP contribution in [0.25, 0.3) is 11.5 Å². The second-order valence-corrected chi connectivity index (χ2v) is 6.06. The molecule has 0 aliphatic carbocycles. The van der Waals surface area contributed by atoms with E-state index in [1.165, 1.54) is 11.8 Å². The molecule has 3 rings (SSSR count). The summed E-state index contributed by atoms with van der Waals surface area (Å²) in [6.45, 7) is 0.781. The molecule has 4 nitrogen and oxygen atoms in total. The highest BCUT2D eigenvalue weighted by molar-refractivity contribution is 7.99. The van der Waals surface area contributed by atoms with Crippen LogP contribution in [0.5, 0.6) is 0 Å². The normalized spacial score (nSPS) is 10.7. The van der Waals surface area contributed by atoms with Gasteiger partial charge in [0.1, 0.15) is 5.69 Å². The van der Waals surface area contributed by atoms with Crippen molar-refractivity contribution in [3.63, 3.8) is 0 Å². The second kappa shape index (κ2) is 6.82. The second-order valence-electron chi connectivity index (χ2n) is 4.64. The molecule has 110 valence electrons. The molecule has 0 fully saturated rings. The minimum atomic E-state index is 0.668. The first-order valence-electron chi connectivity index (χ1n) is 6.81. The molecule has 0 saturated carbocycles. The van der Waals surface area contributed by atoms with Crippen molar-refractivity contribution < 1.29 is 0 Å². The first-order chi connectivity index (χ1) is 10.8. The third kappa shape index (κ3) is 3.24. The molecule has 0 radical (unpaired) electrons. The lowest BCUT2D eigenvalue weighted by Gasteiger charge is -2.07. The molecule has 0 unspecified atom stereocenters. The molecule has 2 heterocycles. The zero-order chi connectivity index (χ0) is 15.4. The van der Waals surface area contributed by atoms with Gasteiger partial charge in [0.05, 0.1) is 17.5 Å². The van der Waals surface area contributed by atoms with Crippen LogP contribution in [-0.2, 0) is 6.54 Å². The Bertz CT molecular complexity index is 793. The Balaban J connectivity index is 1.86. The summed E-state index contributed by atoms with van der Waals surface area (Å²) >= 11 is 7.63. The molecule has 1 aromatic carbocycles. The molecule has 6 heteroatoms. The summed E-state index contributed by atoms with van der Waals surface area (Å²) in [5, 5.41) is 1.36. The van der Waals surface area contributed by atoms with Crippen molar-refractivity contribution in [2.75, 3.05) is 0 Å². The fraction of sp³-hybridized carbons (Fsp3) is 0.188. The van der Waals surface area contributed by atoms with Crippen molar-refractivity contribution in [3.8, 4) is 23.9 Å². The third-order valence-corrected chi connectivity index (χ3v) is 4.46. The van der Waals surface area contributed by atoms with Gasteiger partial charge < -0.3 is 4.57 Å². The van der Waals surface area contributed by atoms with Gasteiger partial charge in [-0.05, 0) is 30.3 Å². The molecular weight excluding hydrogens is 316 g/mol. The fourth-order valence-electron chi connectivity index (χ4n) is 2.05. The zero-order valence-corrected chi connectivity index (χ0v) is 13.3. The van der Waals surface area contributed by atoms with E-state index in [9.17, 15) is 0 Å². The first kappa shape index (κ1) is 14.9. The molecule has 1 aromatic rings. The molecule has 0 aromatic heterocycles. The van der Waals surface area contributed by atoms with Crippen molar-refractivity contribution in [2.45, 2.75) is 29.4 Å². The van der Waals surface area contributed by atoms with Gasteiger partial charge in [-0.1, -0.05) is 23.7 Å². The van der Waals surface area contributed by atoms with Crippen LogP contribution in [0.3, 0.4) is 0 Å². The number of benzene rings is 1. The molecule has 2 aliphatic heterocycles. The van der Waals surface area contributed by atoms with Crippen LogP contribution in [-0.4, -0.2) is 19.5 Å². The van der Waals surface area contributed by atoms with Crippen LogP contribution < -0.4 is 0 Å². The Hall–Kier alpha value is -2.03. The van der Waals surface area contributed by atoms with Gasteiger partial charge in [0.2, 0.25) is 0 Å². The number of terminal acetylenes is 1. The number of unbranched alkanes of at least 4 members (excludes halogenated alkanes) is 1. The molecule has 2 aliphatic rings. The largest absolute Gasteiger partial charge is 0.315 e. The average molecular weight is 329 g/mol. The zero-order valence-electron chi connectivity index (χ0n) is 11.7. The topological polar surface area (TPSA) is 43.6 Å². The number of aryl methyl sites for hydroxylation is 1. The van der Waals surface area contributed by atoms with E-state index in [1.807, 2.05) is 28.8 Å². The minimum Gasteiger partial charge on any atom is -0.315 e. The Kier molecular flexibility index (Phi) is 4.62. The van der Waals surface area contributed by atoms with E-state index in [0.717, 1.165) is 35.8 Å². The maximum absolute atomic E-state index is 6.18. The molecule has 22 heavy (non-hydrogen) atoms. The number of nitrogens with zero attached hydrogens (tertiary/aromatic N) is 4. The van der Waals surface area contributed by atoms with Crippen LogP contribution in [0.2, 0.25) is 5.02 Å². The number of fused-ring (bicyclic) bond motifs is 1. The summed E-state index contributed by atoms with van der Waals surface area (Å²) < 4.78 is 1.98. The maximum Gasteiger partial charge on any atom is 0.195 e. The first-order valence-corrected chi connectivity index (χ1v) is 8.01. The maximum atomic E-state index is 6.18. The van der Waals surface area contributed by atoms with Crippen molar-refractivity contribution >= 4 is 23.4 Å². The fourth-order valence-corrected chi connectivity index (χ4v) is 3.09. The number of halogens is 1. The Morgan fingerprint density at radius 1 is 1.27 bits per heavy atom. The van der Waals surface area contributed by atoms with Gasteiger partial charge in [-0.25, -0.2) is 15.0 Å². The summed E-state index contributed by atoms with van der Waals surface area (Å²) in [5.74, 6) is 3.46. The molecule has 0 N–H and O–H groups in total. The molecule has 0 spiro atoms. The average Bonchev–Trinajstić information content (AvgIpc) is 2.93. The van der Waals surface area contributed by atoms with Gasteiger partial charge in [-0.3, -0.25) is 0 Å². The highest BCUT2D eigenvalue weighted by atomic mass is 35.5. The summed E-state index contributed by atoms with van der Waals surface area (Å²) in [4.78, 5) is 14.2. The lowest BCUT2D eigenvalue weighted by molar-refractivity contribution is 0.637. The molecule has 0 atom stereocenters. The molecule has 0 bridgehead atoms. The number of aromatic nitrogens is 4. The van der Waals surface area contributed by atoms with Gasteiger partial charge >= 0.3 is 0 Å². The van der Waals surface area contributed by atoms with Crippen molar-refractivity contribution in [1.29, 1.82) is 0 Å². The van der Waals surface area contributed by atoms with Gasteiger partial charge in [0.25, 0.3) is 0 Å². The van der Waals surface area contributed by atoms with Crippen LogP contribution >= 0.6 is 23.4 Å². The monoisotopic (exact) mass is 328 g/mol. The van der Waals surface area contributed by atoms with E-state index in [1.54, 1.807) is 12.5 Å². The Labute approximate surface area is 138 Å². The molecule has 0 saturated heterocycles. The SMILES string of the molecule is C#CCCCn1cncc2nc(Sc3ccccc3Cl)nc1-2. The number of rotatable bonds is 5. The molecule has 0 amide bonds. The lowest BCUT2D eigenvalue weighted by Crippen LogP contribution is -2.04. The third-order valence-electron chi connectivity index (χ3n) is 3.08. The number of hydrogen-bond donors (Lipinski definition) is 0. The van der Waals surface area contributed by atoms with Crippen molar-refractivity contribution in [2.24, 2.45) is 0 Å². The van der Waals surface area contributed by atoms with E-state index < -0.39 is 0 Å². The summed E-state index contributed by atoms with van der Waals surface area (Å²) in [5.41, 5.74) is 0.776. The molecular formula is C16H13ClN4S. The predicted octanol–water partition coefficient (Wildman–Crippen LogP) is 4.00. The predicted molar refractivity (Wildman–Crippen MR) is 88.1 cm³/mol.